The molecule has 1 unspecified atom stereocenters. The van der Waals surface area contributed by atoms with Crippen molar-refractivity contribution in [3.8, 4) is 0 Å². The van der Waals surface area contributed by atoms with Crippen LogP contribution < -0.4 is 10.9 Å². The molecule has 2 heterocycles. The number of aromatic nitrogens is 2. The van der Waals surface area contributed by atoms with Crippen LogP contribution in [-0.4, -0.2) is 15.3 Å². The molecule has 0 fully saturated rings. The van der Waals surface area contributed by atoms with Gasteiger partial charge in [-0.15, -0.1) is 11.3 Å². The predicted molar refractivity (Wildman–Crippen MR) is 95.8 cm³/mol. The number of nitrogens with zero attached hydrogens (tertiary/aromatic N) is 2. The van der Waals surface area contributed by atoms with Gasteiger partial charge in [0.1, 0.15) is 5.56 Å². The Hall–Kier alpha value is -2.47. The number of amides is 1. The molecule has 0 bridgehead atoms. The molecular formula is C18H19N3O2S. The molecule has 1 aromatic carbocycles. The van der Waals surface area contributed by atoms with Gasteiger partial charge in [-0.25, -0.2) is 4.98 Å². The molecule has 3 aromatic rings. The number of carbonyl (C=O) groups is 1. The first-order valence-electron chi connectivity index (χ1n) is 7.83. The van der Waals surface area contributed by atoms with E-state index in [4.69, 9.17) is 0 Å². The smallest absolute Gasteiger partial charge is 0.271 e. The minimum absolute atomic E-state index is 0.0524. The maximum Gasteiger partial charge on any atom is 0.271 e. The summed E-state index contributed by atoms with van der Waals surface area (Å²) in [7, 11) is 0. The Kier molecular flexibility index (Phi) is 4.49. The number of rotatable bonds is 4. The van der Waals surface area contributed by atoms with E-state index in [1.807, 2.05) is 19.1 Å². The van der Waals surface area contributed by atoms with E-state index < -0.39 is 5.91 Å². The lowest BCUT2D eigenvalue weighted by Crippen LogP contribution is -2.32. The van der Waals surface area contributed by atoms with Gasteiger partial charge in [0.2, 0.25) is 0 Å². The molecule has 1 atom stereocenters. The van der Waals surface area contributed by atoms with Crippen molar-refractivity contribution < 1.29 is 4.79 Å². The summed E-state index contributed by atoms with van der Waals surface area (Å²) in [5, 5.41) is 4.64. The highest BCUT2D eigenvalue weighted by molar-refractivity contribution is 7.15. The molecule has 0 aliphatic rings. The van der Waals surface area contributed by atoms with Gasteiger partial charge in [-0.3, -0.25) is 14.0 Å². The van der Waals surface area contributed by atoms with E-state index in [2.05, 4.69) is 36.3 Å². The normalized spacial score (nSPS) is 12.5. The molecule has 3 rings (SSSR count). The maximum atomic E-state index is 12.4. The van der Waals surface area contributed by atoms with Gasteiger partial charge in [-0.05, 0) is 24.0 Å². The Bertz CT molecular complexity index is 925. The molecule has 0 radical (unpaired) electrons. The molecule has 24 heavy (non-hydrogen) atoms. The Morgan fingerprint density at radius 2 is 1.83 bits per heavy atom. The summed E-state index contributed by atoms with van der Waals surface area (Å²) in [6.07, 6.45) is 2.97. The second-order valence-electron chi connectivity index (χ2n) is 6.05. The summed E-state index contributed by atoms with van der Waals surface area (Å²) < 4.78 is 1.39. The zero-order valence-electron chi connectivity index (χ0n) is 13.8. The van der Waals surface area contributed by atoms with E-state index in [9.17, 15) is 9.59 Å². The van der Waals surface area contributed by atoms with Crippen LogP contribution in [0.2, 0.25) is 0 Å². The number of hydrogen-bond donors (Lipinski definition) is 1. The van der Waals surface area contributed by atoms with Crippen LogP contribution in [0.5, 0.6) is 0 Å². The average Bonchev–Trinajstić information content (AvgIpc) is 3.04. The van der Waals surface area contributed by atoms with Crippen molar-refractivity contribution in [3.63, 3.8) is 0 Å². The monoisotopic (exact) mass is 341 g/mol. The van der Waals surface area contributed by atoms with Crippen LogP contribution in [0.1, 0.15) is 54.2 Å². The first kappa shape index (κ1) is 16.4. The maximum absolute atomic E-state index is 12.4. The van der Waals surface area contributed by atoms with Crippen LogP contribution in [-0.2, 0) is 0 Å². The van der Waals surface area contributed by atoms with E-state index in [-0.39, 0.29) is 17.2 Å². The lowest BCUT2D eigenvalue weighted by atomic mass is 9.99. The first-order valence-corrected chi connectivity index (χ1v) is 8.71. The van der Waals surface area contributed by atoms with Crippen LogP contribution in [0, 0.1) is 0 Å². The second-order valence-corrected chi connectivity index (χ2v) is 6.92. The number of hydrogen-bond acceptors (Lipinski definition) is 4. The Morgan fingerprint density at radius 3 is 2.50 bits per heavy atom. The minimum atomic E-state index is -0.409. The van der Waals surface area contributed by atoms with Crippen molar-refractivity contribution in [1.29, 1.82) is 0 Å². The molecule has 124 valence electrons. The Balaban J connectivity index is 1.80. The Labute approximate surface area is 144 Å². The van der Waals surface area contributed by atoms with E-state index in [1.54, 1.807) is 11.6 Å². The summed E-state index contributed by atoms with van der Waals surface area (Å²) in [6.45, 7) is 6.18. The number of carbonyl (C=O) groups excluding carboxylic acids is 1. The third-order valence-electron chi connectivity index (χ3n) is 4.04. The molecule has 0 saturated carbocycles. The first-order chi connectivity index (χ1) is 11.5. The van der Waals surface area contributed by atoms with Crippen molar-refractivity contribution in [1.82, 2.24) is 14.7 Å². The molecule has 0 saturated heterocycles. The van der Waals surface area contributed by atoms with Crippen LogP contribution in [0.4, 0.5) is 0 Å². The fourth-order valence-corrected chi connectivity index (χ4v) is 3.18. The highest BCUT2D eigenvalue weighted by atomic mass is 32.1. The zero-order valence-corrected chi connectivity index (χ0v) is 14.6. The molecule has 0 spiro atoms. The molecule has 0 aliphatic heterocycles. The van der Waals surface area contributed by atoms with Gasteiger partial charge in [0.25, 0.3) is 11.5 Å². The minimum Gasteiger partial charge on any atom is -0.345 e. The molecule has 5 nitrogen and oxygen atoms in total. The number of benzene rings is 1. The number of fused-ring (bicyclic) bond motifs is 1. The summed E-state index contributed by atoms with van der Waals surface area (Å²) >= 11 is 1.36. The van der Waals surface area contributed by atoms with Crippen LogP contribution in [0.15, 0.2) is 46.8 Å². The fourth-order valence-electron chi connectivity index (χ4n) is 2.51. The molecule has 0 aliphatic carbocycles. The van der Waals surface area contributed by atoms with Crippen molar-refractivity contribution >= 4 is 22.2 Å². The molecule has 1 N–H and O–H groups in total. The second kappa shape index (κ2) is 6.57. The average molecular weight is 341 g/mol. The quantitative estimate of drug-likeness (QED) is 0.791. The van der Waals surface area contributed by atoms with Crippen molar-refractivity contribution in [2.75, 3.05) is 0 Å². The van der Waals surface area contributed by atoms with E-state index in [1.165, 1.54) is 27.5 Å². The van der Waals surface area contributed by atoms with Gasteiger partial charge in [0.05, 0.1) is 6.04 Å². The van der Waals surface area contributed by atoms with Gasteiger partial charge in [0.15, 0.2) is 4.96 Å². The SMILES string of the molecule is CC(C)c1ccc(C(C)NC(=O)c2cnc3sccn3c2=O)cc1. The lowest BCUT2D eigenvalue weighted by Gasteiger charge is -2.15. The van der Waals surface area contributed by atoms with Gasteiger partial charge < -0.3 is 5.32 Å². The third kappa shape index (κ3) is 3.10. The van der Waals surface area contributed by atoms with E-state index >= 15 is 0 Å². The van der Waals surface area contributed by atoms with Gasteiger partial charge in [-0.2, -0.15) is 0 Å². The van der Waals surface area contributed by atoms with Crippen molar-refractivity contribution in [2.45, 2.75) is 32.7 Å². The summed E-state index contributed by atoms with van der Waals surface area (Å²) in [5.74, 6) is 0.0564. The van der Waals surface area contributed by atoms with Gasteiger partial charge in [-0.1, -0.05) is 38.1 Å². The summed E-state index contributed by atoms with van der Waals surface area (Å²) in [4.78, 5) is 29.5. The van der Waals surface area contributed by atoms with Crippen LogP contribution in [0.25, 0.3) is 4.96 Å². The number of thiazole rings is 1. The van der Waals surface area contributed by atoms with E-state index in [0.717, 1.165) is 5.56 Å². The summed E-state index contributed by atoms with van der Waals surface area (Å²) in [6, 6.07) is 7.95. The van der Waals surface area contributed by atoms with Crippen LogP contribution in [0.3, 0.4) is 0 Å². The van der Waals surface area contributed by atoms with Crippen molar-refractivity contribution in [3.05, 3.63) is 69.1 Å². The van der Waals surface area contributed by atoms with Crippen molar-refractivity contribution in [2.24, 2.45) is 0 Å². The highest BCUT2D eigenvalue weighted by Gasteiger charge is 2.16. The zero-order chi connectivity index (χ0) is 17.3. The highest BCUT2D eigenvalue weighted by Crippen LogP contribution is 2.18. The lowest BCUT2D eigenvalue weighted by molar-refractivity contribution is 0.0938. The largest absolute Gasteiger partial charge is 0.345 e. The van der Waals surface area contributed by atoms with Crippen LogP contribution >= 0.6 is 11.3 Å². The predicted octanol–water partition coefficient (Wildman–Crippen LogP) is 3.37. The van der Waals surface area contributed by atoms with Gasteiger partial charge in [0, 0.05) is 17.8 Å². The molecule has 6 heteroatoms. The Morgan fingerprint density at radius 1 is 1.17 bits per heavy atom. The molecular weight excluding hydrogens is 322 g/mol. The summed E-state index contributed by atoms with van der Waals surface area (Å²) in [5.41, 5.74) is 1.96. The fraction of sp³-hybridized carbons (Fsp3) is 0.278. The van der Waals surface area contributed by atoms with Gasteiger partial charge >= 0.3 is 0 Å². The molecule has 2 aromatic heterocycles. The molecule has 1 amide bonds. The van der Waals surface area contributed by atoms with E-state index in [0.29, 0.717) is 10.9 Å². The third-order valence-corrected chi connectivity index (χ3v) is 4.81. The standard InChI is InChI=1S/C18H19N3O2S/c1-11(2)13-4-6-14(7-5-13)12(3)20-16(22)15-10-19-18-21(17(15)23)8-9-24-18/h4-12H,1-3H3,(H,20,22). The topological polar surface area (TPSA) is 63.5 Å². The number of nitrogens with one attached hydrogen (secondary N) is 1.